The van der Waals surface area contributed by atoms with Gasteiger partial charge in [-0.3, -0.25) is 0 Å². The lowest BCUT2D eigenvalue weighted by atomic mass is 10.2. The van der Waals surface area contributed by atoms with Crippen molar-refractivity contribution in [1.29, 1.82) is 0 Å². The van der Waals surface area contributed by atoms with Crippen molar-refractivity contribution in [3.05, 3.63) is 54.2 Å². The maximum Gasteiger partial charge on any atom is 0.171 e. The number of aromatic nitrogens is 1. The highest BCUT2D eigenvalue weighted by Crippen LogP contribution is 2.26. The molecule has 0 saturated heterocycles. The van der Waals surface area contributed by atoms with Crippen LogP contribution in [0.2, 0.25) is 0 Å². The Morgan fingerprint density at radius 2 is 1.95 bits per heavy atom. The molecule has 2 rings (SSSR count). The van der Waals surface area contributed by atoms with Crippen LogP contribution in [-0.4, -0.2) is 24.7 Å². The summed E-state index contributed by atoms with van der Waals surface area (Å²) < 4.78 is 5.70. The van der Waals surface area contributed by atoms with E-state index in [1.54, 1.807) is 6.20 Å². The zero-order chi connectivity index (χ0) is 14.9. The van der Waals surface area contributed by atoms with Gasteiger partial charge < -0.3 is 15.4 Å². The maximum atomic E-state index is 5.70. The lowest BCUT2D eigenvalue weighted by Crippen LogP contribution is -2.27. The van der Waals surface area contributed by atoms with E-state index in [1.165, 1.54) is 5.56 Å². The van der Waals surface area contributed by atoms with E-state index in [1.807, 2.05) is 25.1 Å². The van der Waals surface area contributed by atoms with Gasteiger partial charge in [0.25, 0.3) is 0 Å². The van der Waals surface area contributed by atoms with E-state index in [4.69, 9.17) is 10.5 Å². The van der Waals surface area contributed by atoms with Gasteiger partial charge in [0, 0.05) is 19.3 Å². The Bertz CT molecular complexity index is 531. The molecule has 2 N–H and O–H groups in total. The fourth-order valence-electron chi connectivity index (χ4n) is 2.23. The summed E-state index contributed by atoms with van der Waals surface area (Å²) in [5, 5.41) is 0. The summed E-state index contributed by atoms with van der Waals surface area (Å²) in [5.74, 6) is 1.71. The van der Waals surface area contributed by atoms with Crippen LogP contribution < -0.4 is 15.4 Å². The summed E-state index contributed by atoms with van der Waals surface area (Å²) in [6.07, 6.45) is 2.73. The van der Waals surface area contributed by atoms with Crippen molar-refractivity contribution >= 4 is 5.82 Å². The van der Waals surface area contributed by atoms with Gasteiger partial charge in [0.1, 0.15) is 0 Å². The van der Waals surface area contributed by atoms with Gasteiger partial charge in [0.05, 0.1) is 6.61 Å². The number of nitrogens with two attached hydrogens (primary N) is 1. The van der Waals surface area contributed by atoms with Crippen LogP contribution in [0.25, 0.3) is 0 Å². The van der Waals surface area contributed by atoms with Crippen molar-refractivity contribution < 1.29 is 4.74 Å². The van der Waals surface area contributed by atoms with E-state index < -0.39 is 0 Å². The third kappa shape index (κ3) is 4.46. The molecule has 1 aromatic carbocycles. The summed E-state index contributed by atoms with van der Waals surface area (Å²) in [6.45, 7) is 4.95. The summed E-state index contributed by atoms with van der Waals surface area (Å²) in [7, 11) is 0. The van der Waals surface area contributed by atoms with Crippen molar-refractivity contribution in [3.63, 3.8) is 0 Å². The van der Waals surface area contributed by atoms with Crippen molar-refractivity contribution in [2.75, 3.05) is 24.6 Å². The molecule has 0 amide bonds. The molecule has 0 aliphatic carbocycles. The predicted octanol–water partition coefficient (Wildman–Crippen LogP) is 2.84. The highest BCUT2D eigenvalue weighted by Gasteiger charge is 2.13. The van der Waals surface area contributed by atoms with E-state index in [-0.39, 0.29) is 0 Å². The van der Waals surface area contributed by atoms with Crippen LogP contribution in [0.15, 0.2) is 48.7 Å². The first kappa shape index (κ1) is 15.3. The topological polar surface area (TPSA) is 51.4 Å². The van der Waals surface area contributed by atoms with Crippen LogP contribution >= 0.6 is 0 Å². The van der Waals surface area contributed by atoms with Gasteiger partial charge in [-0.15, -0.1) is 0 Å². The average Bonchev–Trinajstić information content (AvgIpc) is 2.53. The zero-order valence-electron chi connectivity index (χ0n) is 12.5. The maximum absolute atomic E-state index is 5.70. The van der Waals surface area contributed by atoms with Crippen LogP contribution in [0.3, 0.4) is 0 Å². The summed E-state index contributed by atoms with van der Waals surface area (Å²) in [4.78, 5) is 6.74. The lowest BCUT2D eigenvalue weighted by Gasteiger charge is -2.25. The Balaban J connectivity index is 2.23. The molecule has 4 nitrogen and oxygen atoms in total. The molecule has 0 spiro atoms. The van der Waals surface area contributed by atoms with Gasteiger partial charge >= 0.3 is 0 Å². The number of ether oxygens (including phenoxy) is 1. The van der Waals surface area contributed by atoms with Crippen LogP contribution in [0, 0.1) is 0 Å². The molecule has 0 atom stereocenters. The molecule has 4 heteroatoms. The number of nitrogens with zero attached hydrogens (tertiary/aromatic N) is 2. The number of hydrogen-bond donors (Lipinski definition) is 1. The molecule has 112 valence electrons. The van der Waals surface area contributed by atoms with Gasteiger partial charge in [-0.1, -0.05) is 30.3 Å². The second-order valence-electron chi connectivity index (χ2n) is 4.81. The van der Waals surface area contributed by atoms with Crippen LogP contribution in [0.1, 0.15) is 18.9 Å². The summed E-state index contributed by atoms with van der Waals surface area (Å²) in [5.41, 5.74) is 6.92. The summed E-state index contributed by atoms with van der Waals surface area (Å²) in [6, 6.07) is 14.2. The Morgan fingerprint density at radius 1 is 1.14 bits per heavy atom. The smallest absolute Gasteiger partial charge is 0.171 e. The first-order valence-electron chi connectivity index (χ1n) is 7.42. The molecule has 1 heterocycles. The third-order valence-electron chi connectivity index (χ3n) is 3.20. The fourth-order valence-corrected chi connectivity index (χ4v) is 2.23. The third-order valence-corrected chi connectivity index (χ3v) is 3.20. The van der Waals surface area contributed by atoms with E-state index in [2.05, 4.69) is 34.1 Å². The molecule has 0 radical (unpaired) electrons. The Morgan fingerprint density at radius 3 is 2.67 bits per heavy atom. The molecule has 0 aliphatic rings. The van der Waals surface area contributed by atoms with Gasteiger partial charge in [-0.25, -0.2) is 4.98 Å². The first-order valence-corrected chi connectivity index (χ1v) is 7.42. The number of benzene rings is 1. The molecule has 0 unspecified atom stereocenters. The largest absolute Gasteiger partial charge is 0.490 e. The quantitative estimate of drug-likeness (QED) is 0.810. The predicted molar refractivity (Wildman–Crippen MR) is 86.6 cm³/mol. The van der Waals surface area contributed by atoms with E-state index in [0.717, 1.165) is 31.1 Å². The van der Waals surface area contributed by atoms with Gasteiger partial charge in [0.2, 0.25) is 0 Å². The van der Waals surface area contributed by atoms with Crippen molar-refractivity contribution in [2.45, 2.75) is 19.9 Å². The van der Waals surface area contributed by atoms with E-state index >= 15 is 0 Å². The van der Waals surface area contributed by atoms with Crippen molar-refractivity contribution in [1.82, 2.24) is 4.98 Å². The Labute approximate surface area is 126 Å². The molecule has 0 saturated carbocycles. The van der Waals surface area contributed by atoms with Gasteiger partial charge in [-0.05, 0) is 37.6 Å². The molecule has 0 fully saturated rings. The van der Waals surface area contributed by atoms with E-state index in [0.29, 0.717) is 13.2 Å². The second-order valence-corrected chi connectivity index (χ2v) is 4.81. The monoisotopic (exact) mass is 285 g/mol. The highest BCUT2D eigenvalue weighted by atomic mass is 16.5. The molecule has 0 aliphatic heterocycles. The minimum absolute atomic E-state index is 0.634. The molecular formula is C17H23N3O. The molecule has 21 heavy (non-hydrogen) atoms. The first-order chi connectivity index (χ1) is 10.3. The fraction of sp³-hybridized carbons (Fsp3) is 0.353. The lowest BCUT2D eigenvalue weighted by molar-refractivity contribution is 0.339. The Hall–Kier alpha value is -2.07. The van der Waals surface area contributed by atoms with Crippen LogP contribution in [0.5, 0.6) is 5.75 Å². The number of pyridine rings is 1. The molecule has 0 bridgehead atoms. The minimum atomic E-state index is 0.634. The summed E-state index contributed by atoms with van der Waals surface area (Å²) >= 11 is 0. The molecular weight excluding hydrogens is 262 g/mol. The number of rotatable bonds is 8. The number of anilines is 1. The average molecular weight is 285 g/mol. The molecule has 2 aromatic rings. The highest BCUT2D eigenvalue weighted by molar-refractivity contribution is 5.52. The standard InChI is InChI=1S/C17H23N3O/c1-2-21-16-10-6-12-19-17(16)20(13-7-11-18)14-15-8-4-3-5-9-15/h3-6,8-10,12H,2,7,11,13-14,18H2,1H3. The SMILES string of the molecule is CCOc1cccnc1N(CCCN)Cc1ccccc1. The van der Waals surface area contributed by atoms with Crippen LogP contribution in [0.4, 0.5) is 5.82 Å². The van der Waals surface area contributed by atoms with Crippen molar-refractivity contribution in [2.24, 2.45) is 5.73 Å². The minimum Gasteiger partial charge on any atom is -0.490 e. The number of hydrogen-bond acceptors (Lipinski definition) is 4. The normalized spacial score (nSPS) is 10.4. The van der Waals surface area contributed by atoms with Crippen LogP contribution in [-0.2, 0) is 6.54 Å². The van der Waals surface area contributed by atoms with Crippen molar-refractivity contribution in [3.8, 4) is 5.75 Å². The molecule has 1 aromatic heterocycles. The van der Waals surface area contributed by atoms with E-state index in [9.17, 15) is 0 Å². The second kappa shape index (κ2) is 8.27. The zero-order valence-corrected chi connectivity index (χ0v) is 12.5. The van der Waals surface area contributed by atoms with Gasteiger partial charge in [0.15, 0.2) is 11.6 Å². The Kier molecular flexibility index (Phi) is 6.03. The van der Waals surface area contributed by atoms with Gasteiger partial charge in [-0.2, -0.15) is 0 Å².